The van der Waals surface area contributed by atoms with Crippen molar-refractivity contribution in [3.8, 4) is 11.4 Å². The van der Waals surface area contributed by atoms with Crippen LogP contribution in [0.3, 0.4) is 0 Å². The number of nitrogen functional groups attached to an aromatic ring is 1. The van der Waals surface area contributed by atoms with E-state index in [1.807, 2.05) is 4.90 Å². The Morgan fingerprint density at radius 1 is 1.04 bits per heavy atom. The number of aromatic amines is 1. The maximum Gasteiger partial charge on any atom is 0.416 e. The summed E-state index contributed by atoms with van der Waals surface area (Å²) in [6.07, 6.45) is -4.38. The molecule has 1 saturated heterocycles. The van der Waals surface area contributed by atoms with Gasteiger partial charge < -0.3 is 20.4 Å². The van der Waals surface area contributed by atoms with Gasteiger partial charge in [-0.25, -0.2) is 4.98 Å². The number of nitrogens with one attached hydrogen (secondary N) is 1. The summed E-state index contributed by atoms with van der Waals surface area (Å²) in [7, 11) is 0. The van der Waals surface area contributed by atoms with Gasteiger partial charge in [-0.1, -0.05) is 12.1 Å². The van der Waals surface area contributed by atoms with E-state index in [9.17, 15) is 13.2 Å². The van der Waals surface area contributed by atoms with Crippen molar-refractivity contribution < 1.29 is 17.9 Å². The Bertz CT molecular complexity index is 932. The van der Waals surface area contributed by atoms with E-state index >= 15 is 0 Å². The first kappa shape index (κ1) is 16.6. The minimum Gasteiger partial charge on any atom is -0.378 e. The molecule has 0 unspecified atom stereocenters. The Labute approximate surface area is 146 Å². The lowest BCUT2D eigenvalue weighted by molar-refractivity contribution is -0.137. The van der Waals surface area contributed by atoms with Gasteiger partial charge in [0.25, 0.3) is 0 Å². The molecule has 0 radical (unpaired) electrons. The molecule has 0 atom stereocenters. The van der Waals surface area contributed by atoms with Gasteiger partial charge in [0, 0.05) is 18.7 Å². The Kier molecular flexibility index (Phi) is 3.91. The number of aromatic nitrogens is 4. The molecule has 136 valence electrons. The number of imidazole rings is 1. The number of benzene rings is 1. The van der Waals surface area contributed by atoms with E-state index in [4.69, 9.17) is 10.5 Å². The van der Waals surface area contributed by atoms with E-state index in [1.165, 1.54) is 12.1 Å². The minimum atomic E-state index is -4.38. The molecule has 0 amide bonds. The average molecular weight is 364 g/mol. The first-order valence-electron chi connectivity index (χ1n) is 7.95. The summed E-state index contributed by atoms with van der Waals surface area (Å²) in [5.74, 6) is 1.11. The van der Waals surface area contributed by atoms with Crippen molar-refractivity contribution in [2.45, 2.75) is 6.18 Å². The van der Waals surface area contributed by atoms with Crippen LogP contribution in [0.25, 0.3) is 22.6 Å². The smallest absolute Gasteiger partial charge is 0.378 e. The van der Waals surface area contributed by atoms with E-state index in [-0.39, 0.29) is 5.95 Å². The zero-order chi connectivity index (χ0) is 18.3. The summed E-state index contributed by atoms with van der Waals surface area (Å²) < 4.78 is 43.5. The largest absolute Gasteiger partial charge is 0.416 e. The first-order chi connectivity index (χ1) is 12.4. The lowest BCUT2D eigenvalue weighted by Gasteiger charge is -2.27. The molecule has 1 aliphatic heterocycles. The first-order valence-corrected chi connectivity index (χ1v) is 7.95. The van der Waals surface area contributed by atoms with Crippen LogP contribution in [0.4, 0.5) is 24.9 Å². The topological polar surface area (TPSA) is 92.9 Å². The van der Waals surface area contributed by atoms with Crippen molar-refractivity contribution in [2.75, 3.05) is 36.9 Å². The maximum atomic E-state index is 12.7. The molecule has 3 N–H and O–H groups in total. The predicted octanol–water partition coefficient (Wildman–Crippen LogP) is 2.46. The average Bonchev–Trinajstić information content (AvgIpc) is 3.05. The number of rotatable bonds is 2. The summed E-state index contributed by atoms with van der Waals surface area (Å²) >= 11 is 0. The van der Waals surface area contributed by atoms with Gasteiger partial charge in [-0.05, 0) is 12.1 Å². The fourth-order valence-electron chi connectivity index (χ4n) is 2.86. The molecule has 0 saturated carbocycles. The third-order valence-corrected chi connectivity index (χ3v) is 4.15. The molecule has 4 rings (SSSR count). The molecule has 7 nitrogen and oxygen atoms in total. The number of hydrogen-bond donors (Lipinski definition) is 2. The van der Waals surface area contributed by atoms with E-state index in [0.29, 0.717) is 54.7 Å². The fraction of sp³-hybridized carbons (Fsp3) is 0.312. The van der Waals surface area contributed by atoms with Crippen molar-refractivity contribution >= 4 is 22.9 Å². The van der Waals surface area contributed by atoms with Gasteiger partial charge in [0.05, 0.1) is 18.8 Å². The zero-order valence-electron chi connectivity index (χ0n) is 13.5. The molecule has 2 aromatic heterocycles. The Hall–Kier alpha value is -2.88. The fourth-order valence-corrected chi connectivity index (χ4v) is 2.86. The van der Waals surface area contributed by atoms with Gasteiger partial charge in [0.2, 0.25) is 5.95 Å². The standard InChI is InChI=1S/C16H15F3N6O/c17-16(18,19)10-3-1-9(2-4-10)12-21-11-13(22-12)23-15(20)24-14(11)25-5-7-26-8-6-25/h1-4H,5-8H2,(H3,20,21,22,23,24). The van der Waals surface area contributed by atoms with Crippen molar-refractivity contribution in [1.82, 2.24) is 19.9 Å². The van der Waals surface area contributed by atoms with Crippen molar-refractivity contribution in [1.29, 1.82) is 0 Å². The van der Waals surface area contributed by atoms with Crippen molar-refractivity contribution in [2.24, 2.45) is 0 Å². The second-order valence-corrected chi connectivity index (χ2v) is 5.86. The van der Waals surface area contributed by atoms with Crippen LogP contribution in [-0.2, 0) is 10.9 Å². The van der Waals surface area contributed by atoms with Crippen LogP contribution in [0.15, 0.2) is 24.3 Å². The number of ether oxygens (including phenoxy) is 1. The van der Waals surface area contributed by atoms with E-state index in [2.05, 4.69) is 19.9 Å². The Morgan fingerprint density at radius 2 is 1.73 bits per heavy atom. The normalized spacial score (nSPS) is 15.6. The van der Waals surface area contributed by atoms with Crippen LogP contribution in [0.2, 0.25) is 0 Å². The van der Waals surface area contributed by atoms with Gasteiger partial charge in [-0.2, -0.15) is 23.1 Å². The number of H-pyrrole nitrogens is 1. The molecule has 1 aliphatic rings. The van der Waals surface area contributed by atoms with E-state index in [1.54, 1.807) is 0 Å². The second-order valence-electron chi connectivity index (χ2n) is 5.86. The summed E-state index contributed by atoms with van der Waals surface area (Å²) in [4.78, 5) is 17.9. The van der Waals surface area contributed by atoms with Crippen LogP contribution in [0.5, 0.6) is 0 Å². The third-order valence-electron chi connectivity index (χ3n) is 4.15. The molecule has 0 aliphatic carbocycles. The number of anilines is 2. The minimum absolute atomic E-state index is 0.0875. The number of halogens is 3. The molecule has 1 fully saturated rings. The van der Waals surface area contributed by atoms with Crippen molar-refractivity contribution in [3.63, 3.8) is 0 Å². The monoisotopic (exact) mass is 364 g/mol. The molecular weight excluding hydrogens is 349 g/mol. The van der Waals surface area contributed by atoms with Crippen LogP contribution in [0, 0.1) is 0 Å². The van der Waals surface area contributed by atoms with E-state index < -0.39 is 11.7 Å². The predicted molar refractivity (Wildman–Crippen MR) is 89.6 cm³/mol. The number of morpholine rings is 1. The highest BCUT2D eigenvalue weighted by Gasteiger charge is 2.30. The molecule has 1 aromatic carbocycles. The van der Waals surface area contributed by atoms with Gasteiger partial charge in [0.15, 0.2) is 11.5 Å². The maximum absolute atomic E-state index is 12.7. The highest BCUT2D eigenvalue weighted by Crippen LogP contribution is 2.31. The highest BCUT2D eigenvalue weighted by atomic mass is 19.4. The quantitative estimate of drug-likeness (QED) is 0.726. The van der Waals surface area contributed by atoms with Crippen LogP contribution in [-0.4, -0.2) is 46.2 Å². The van der Waals surface area contributed by atoms with Gasteiger partial charge in [-0.15, -0.1) is 0 Å². The van der Waals surface area contributed by atoms with Crippen LogP contribution >= 0.6 is 0 Å². The second kappa shape index (κ2) is 6.13. The molecule has 0 bridgehead atoms. The summed E-state index contributed by atoms with van der Waals surface area (Å²) in [5, 5.41) is 0. The molecule has 26 heavy (non-hydrogen) atoms. The number of alkyl halides is 3. The van der Waals surface area contributed by atoms with Crippen molar-refractivity contribution in [3.05, 3.63) is 29.8 Å². The molecule has 3 heterocycles. The summed E-state index contributed by atoms with van der Waals surface area (Å²) in [5.41, 5.74) is 6.55. The van der Waals surface area contributed by atoms with Crippen LogP contribution < -0.4 is 10.6 Å². The number of hydrogen-bond acceptors (Lipinski definition) is 6. The number of nitrogens with zero attached hydrogens (tertiary/aromatic N) is 4. The summed E-state index contributed by atoms with van der Waals surface area (Å²) in [6, 6.07) is 4.77. The van der Waals surface area contributed by atoms with Gasteiger partial charge in [0.1, 0.15) is 11.3 Å². The Balaban J connectivity index is 1.75. The highest BCUT2D eigenvalue weighted by molar-refractivity contribution is 5.87. The number of nitrogens with two attached hydrogens (primary N) is 1. The summed E-state index contributed by atoms with van der Waals surface area (Å²) in [6.45, 7) is 2.46. The van der Waals surface area contributed by atoms with E-state index in [0.717, 1.165) is 12.1 Å². The lowest BCUT2D eigenvalue weighted by atomic mass is 10.1. The third kappa shape index (κ3) is 3.03. The Morgan fingerprint density at radius 3 is 2.38 bits per heavy atom. The molecule has 10 heteroatoms. The molecule has 0 spiro atoms. The molecular formula is C16H15F3N6O. The SMILES string of the molecule is Nc1nc(N2CCOCC2)c2[nH]c(-c3ccc(C(F)(F)F)cc3)nc2n1. The lowest BCUT2D eigenvalue weighted by Crippen LogP contribution is -2.37. The number of fused-ring (bicyclic) bond motifs is 1. The van der Waals surface area contributed by atoms with Gasteiger partial charge >= 0.3 is 6.18 Å². The van der Waals surface area contributed by atoms with Gasteiger partial charge in [-0.3, -0.25) is 0 Å². The van der Waals surface area contributed by atoms with Crippen LogP contribution in [0.1, 0.15) is 5.56 Å². The zero-order valence-corrected chi connectivity index (χ0v) is 13.5. The molecule has 3 aromatic rings.